The van der Waals surface area contributed by atoms with E-state index in [9.17, 15) is 19.2 Å². The summed E-state index contributed by atoms with van der Waals surface area (Å²) in [5.74, 6) is -3.97. The maximum absolute atomic E-state index is 12.3. The lowest BCUT2D eigenvalue weighted by Gasteiger charge is -2.22. The summed E-state index contributed by atoms with van der Waals surface area (Å²) in [6.45, 7) is 0.261. The number of hydrogen-bond acceptors (Lipinski definition) is 7. The van der Waals surface area contributed by atoms with Crippen molar-refractivity contribution in [3.05, 3.63) is 0 Å². The maximum Gasteiger partial charge on any atom is 0.327 e. The Bertz CT molecular complexity index is 545. The van der Waals surface area contributed by atoms with Crippen molar-refractivity contribution in [3.8, 4) is 0 Å². The molecular weight excluding hydrogens is 366 g/mol. The van der Waals surface area contributed by atoms with Crippen molar-refractivity contribution in [1.29, 1.82) is 5.41 Å². The van der Waals surface area contributed by atoms with E-state index in [1.165, 1.54) is 0 Å². The van der Waals surface area contributed by atoms with Crippen LogP contribution in [-0.4, -0.2) is 65.2 Å². The Morgan fingerprint density at radius 2 is 1.65 bits per heavy atom. The van der Waals surface area contributed by atoms with Gasteiger partial charge in [-0.3, -0.25) is 19.8 Å². The lowest BCUT2D eigenvalue weighted by molar-refractivity contribution is -0.141. The minimum Gasteiger partial charge on any atom is -0.480 e. The van der Waals surface area contributed by atoms with Crippen molar-refractivity contribution in [3.63, 3.8) is 0 Å². The molecule has 0 bridgehead atoms. The fourth-order valence-corrected chi connectivity index (χ4v) is 2.09. The summed E-state index contributed by atoms with van der Waals surface area (Å²) in [7, 11) is 0. The average molecular weight is 391 g/mol. The number of thiol groups is 1. The highest BCUT2D eigenvalue weighted by molar-refractivity contribution is 7.80. The largest absolute Gasteiger partial charge is 0.480 e. The number of rotatable bonds is 12. The fourth-order valence-electron chi connectivity index (χ4n) is 1.84. The van der Waals surface area contributed by atoms with Gasteiger partial charge >= 0.3 is 5.97 Å². The van der Waals surface area contributed by atoms with Gasteiger partial charge in [-0.25, -0.2) is 4.79 Å². The molecule has 0 heterocycles. The lowest BCUT2D eigenvalue weighted by Crippen LogP contribution is -2.55. The fraction of sp³-hybridized carbons (Fsp3) is 0.615. The number of guanidine groups is 1. The molecule has 0 saturated carbocycles. The molecule has 12 nitrogen and oxygen atoms in total. The van der Waals surface area contributed by atoms with Gasteiger partial charge in [-0.05, 0) is 12.8 Å². The Balaban J connectivity index is 4.94. The van der Waals surface area contributed by atoms with Gasteiger partial charge in [0.15, 0.2) is 5.96 Å². The molecule has 26 heavy (non-hydrogen) atoms. The van der Waals surface area contributed by atoms with E-state index in [-0.39, 0.29) is 24.7 Å². The number of aliphatic carboxylic acids is 1. The minimum atomic E-state index is -1.28. The maximum atomic E-state index is 12.3. The number of amides is 3. The van der Waals surface area contributed by atoms with Crippen LogP contribution in [0.15, 0.2) is 0 Å². The normalized spacial score (nSPS) is 13.8. The highest BCUT2D eigenvalue weighted by Crippen LogP contribution is 2.01. The molecule has 11 N–H and O–H groups in total. The van der Waals surface area contributed by atoms with Gasteiger partial charge in [0.2, 0.25) is 17.7 Å². The monoisotopic (exact) mass is 391 g/mol. The molecule has 13 heteroatoms. The number of carboxylic acid groups (broad SMARTS) is 1. The number of nitrogens with two attached hydrogens (primary N) is 3. The second kappa shape index (κ2) is 11.9. The van der Waals surface area contributed by atoms with Crippen molar-refractivity contribution in [2.45, 2.75) is 37.4 Å². The van der Waals surface area contributed by atoms with E-state index in [1.54, 1.807) is 0 Å². The van der Waals surface area contributed by atoms with Crippen LogP contribution in [0.3, 0.4) is 0 Å². The van der Waals surface area contributed by atoms with Crippen LogP contribution < -0.4 is 33.2 Å². The third kappa shape index (κ3) is 9.68. The summed E-state index contributed by atoms with van der Waals surface area (Å²) in [6.07, 6.45) is 0.0438. The van der Waals surface area contributed by atoms with Crippen molar-refractivity contribution < 1.29 is 24.3 Å². The molecular formula is C13H25N7O5S. The van der Waals surface area contributed by atoms with Gasteiger partial charge in [-0.1, -0.05) is 0 Å². The van der Waals surface area contributed by atoms with Crippen LogP contribution in [0.4, 0.5) is 0 Å². The highest BCUT2D eigenvalue weighted by atomic mass is 32.1. The summed E-state index contributed by atoms with van der Waals surface area (Å²) in [5.41, 5.74) is 15.6. The van der Waals surface area contributed by atoms with Crippen LogP contribution in [-0.2, 0) is 19.2 Å². The van der Waals surface area contributed by atoms with E-state index in [0.717, 1.165) is 0 Å². The molecule has 3 atom stereocenters. The Morgan fingerprint density at radius 1 is 1.08 bits per heavy atom. The Labute approximate surface area is 155 Å². The van der Waals surface area contributed by atoms with Gasteiger partial charge in [0.25, 0.3) is 0 Å². The van der Waals surface area contributed by atoms with Crippen LogP contribution in [0.1, 0.15) is 19.3 Å². The van der Waals surface area contributed by atoms with Crippen molar-refractivity contribution in [2.75, 3.05) is 12.3 Å². The first-order chi connectivity index (χ1) is 12.1. The number of primary amides is 1. The second-order valence-corrected chi connectivity index (χ2v) is 5.77. The first-order valence-electron chi connectivity index (χ1n) is 7.64. The van der Waals surface area contributed by atoms with E-state index in [0.29, 0.717) is 6.42 Å². The third-order valence-corrected chi connectivity index (χ3v) is 3.54. The molecule has 0 aromatic rings. The van der Waals surface area contributed by atoms with E-state index in [4.69, 9.17) is 27.7 Å². The molecule has 0 spiro atoms. The summed E-state index contributed by atoms with van der Waals surface area (Å²) in [4.78, 5) is 46.1. The van der Waals surface area contributed by atoms with Gasteiger partial charge in [0.1, 0.15) is 12.1 Å². The number of nitrogens with one attached hydrogen (secondary N) is 4. The molecule has 0 aromatic carbocycles. The molecule has 0 aliphatic heterocycles. The molecule has 0 saturated heterocycles. The quantitative estimate of drug-likeness (QED) is 0.0698. The molecule has 0 aromatic heterocycles. The zero-order valence-electron chi connectivity index (χ0n) is 14.0. The summed E-state index contributed by atoms with van der Waals surface area (Å²) >= 11 is 3.84. The topological polar surface area (TPSA) is 227 Å². The van der Waals surface area contributed by atoms with Crippen molar-refractivity contribution in [2.24, 2.45) is 17.2 Å². The van der Waals surface area contributed by atoms with Crippen LogP contribution in [0, 0.1) is 5.41 Å². The number of carboxylic acids is 1. The van der Waals surface area contributed by atoms with E-state index < -0.39 is 48.2 Å². The van der Waals surface area contributed by atoms with Crippen LogP contribution in [0.25, 0.3) is 0 Å². The molecule has 0 fully saturated rings. The molecule has 0 aliphatic rings. The first-order valence-corrected chi connectivity index (χ1v) is 8.27. The van der Waals surface area contributed by atoms with Crippen molar-refractivity contribution >= 4 is 42.3 Å². The molecule has 0 unspecified atom stereocenters. The zero-order valence-corrected chi connectivity index (χ0v) is 14.9. The second-order valence-electron chi connectivity index (χ2n) is 5.40. The number of carbonyl (C=O) groups is 4. The van der Waals surface area contributed by atoms with Crippen LogP contribution in [0.2, 0.25) is 0 Å². The van der Waals surface area contributed by atoms with Crippen LogP contribution in [0.5, 0.6) is 0 Å². The summed E-state index contributed by atoms with van der Waals surface area (Å²) in [6, 6.07) is -3.57. The molecule has 148 valence electrons. The average Bonchev–Trinajstić information content (AvgIpc) is 2.53. The smallest absolute Gasteiger partial charge is 0.327 e. The molecule has 0 rings (SSSR count). The standard InChI is InChI=1S/C13H25N7O5S/c14-6(4-9(15)21)10(22)19-7(2-1-3-18-13(16)17)11(23)20-8(5-26)12(24)25/h6-8,26H,1-5,14H2,(H2,15,21)(H,19,22)(H,20,23)(H,24,25)(H4,16,17,18)/t6-,7-,8-/m0/s1. The number of carbonyl (C=O) groups excluding carboxylic acids is 3. The van der Waals surface area contributed by atoms with Gasteiger partial charge in [-0.2, -0.15) is 12.6 Å². The Kier molecular flexibility index (Phi) is 10.8. The molecule has 0 aliphatic carbocycles. The van der Waals surface area contributed by atoms with Gasteiger partial charge in [-0.15, -0.1) is 0 Å². The summed E-state index contributed by atoms with van der Waals surface area (Å²) in [5, 5.41) is 23.2. The van der Waals surface area contributed by atoms with Gasteiger partial charge in [0, 0.05) is 12.3 Å². The molecule has 0 radical (unpaired) electrons. The first kappa shape index (κ1) is 23.5. The predicted octanol–water partition coefficient (Wildman–Crippen LogP) is -3.56. The van der Waals surface area contributed by atoms with Gasteiger partial charge in [0.05, 0.1) is 12.5 Å². The zero-order chi connectivity index (χ0) is 20.3. The summed E-state index contributed by atoms with van der Waals surface area (Å²) < 4.78 is 0. The lowest BCUT2D eigenvalue weighted by atomic mass is 10.1. The third-order valence-electron chi connectivity index (χ3n) is 3.17. The Morgan fingerprint density at radius 3 is 2.12 bits per heavy atom. The highest BCUT2D eigenvalue weighted by Gasteiger charge is 2.27. The predicted molar refractivity (Wildman–Crippen MR) is 96.3 cm³/mol. The van der Waals surface area contributed by atoms with Crippen LogP contribution >= 0.6 is 12.6 Å². The minimum absolute atomic E-state index is 0.111. The van der Waals surface area contributed by atoms with Crippen molar-refractivity contribution in [1.82, 2.24) is 16.0 Å². The van der Waals surface area contributed by atoms with Gasteiger partial charge < -0.3 is 38.3 Å². The number of hydrogen-bond donors (Lipinski definition) is 9. The van der Waals surface area contributed by atoms with E-state index in [2.05, 4.69) is 28.6 Å². The van der Waals surface area contributed by atoms with E-state index in [1.807, 2.05) is 0 Å². The SMILES string of the molecule is N=C(N)NCCC[C@H](NC(=O)[C@@H](N)CC(N)=O)C(=O)N[C@@H](CS)C(=O)O. The van der Waals surface area contributed by atoms with E-state index >= 15 is 0 Å². The molecule has 3 amide bonds. The Hall–Kier alpha value is -2.54.